The van der Waals surface area contributed by atoms with E-state index in [1.165, 1.54) is 29.0 Å². The van der Waals surface area contributed by atoms with E-state index in [-0.39, 0.29) is 35.2 Å². The van der Waals surface area contributed by atoms with E-state index in [1.807, 2.05) is 19.9 Å². The van der Waals surface area contributed by atoms with E-state index < -0.39 is 10.5 Å². The first-order valence-electron chi connectivity index (χ1n) is 8.32. The van der Waals surface area contributed by atoms with Crippen molar-refractivity contribution in [2.45, 2.75) is 34.2 Å². The minimum absolute atomic E-state index is 0.0391. The predicted molar refractivity (Wildman–Crippen MR) is 102 cm³/mol. The van der Waals surface area contributed by atoms with Crippen LogP contribution in [0.25, 0.3) is 0 Å². The zero-order valence-corrected chi connectivity index (χ0v) is 15.6. The second-order valence-corrected chi connectivity index (χ2v) is 6.64. The number of rotatable bonds is 5. The van der Waals surface area contributed by atoms with E-state index in [9.17, 15) is 25.3 Å². The molecule has 1 N–H and O–H groups in total. The van der Waals surface area contributed by atoms with E-state index in [2.05, 4.69) is 4.99 Å². The molecule has 0 atom stereocenters. The fraction of sp³-hybridized carbons (Fsp3) is 0.316. The van der Waals surface area contributed by atoms with Crippen LogP contribution in [-0.4, -0.2) is 20.8 Å². The largest absolute Gasteiger partial charge is 0.494 e. The molecule has 0 radical (unpaired) electrons. The molecule has 0 aliphatic rings. The van der Waals surface area contributed by atoms with Gasteiger partial charge in [0.15, 0.2) is 0 Å². The molecule has 0 saturated carbocycles. The molecule has 0 amide bonds. The molecule has 140 valence electrons. The summed E-state index contributed by atoms with van der Waals surface area (Å²) in [5.41, 5.74) is 1.06. The lowest BCUT2D eigenvalue weighted by Gasteiger charge is -2.15. The quantitative estimate of drug-likeness (QED) is 0.493. The van der Waals surface area contributed by atoms with Crippen LogP contribution in [0, 0.1) is 41.2 Å². The van der Waals surface area contributed by atoms with Gasteiger partial charge in [0.1, 0.15) is 11.6 Å². The lowest BCUT2D eigenvalue weighted by Crippen LogP contribution is -2.27. The lowest BCUT2D eigenvalue weighted by molar-refractivity contribution is -0.384. The van der Waals surface area contributed by atoms with Crippen molar-refractivity contribution in [2.75, 3.05) is 0 Å². The number of hydrogen-bond acceptors (Lipinski definition) is 6. The van der Waals surface area contributed by atoms with Crippen LogP contribution in [0.5, 0.6) is 5.88 Å². The molecule has 2 rings (SSSR count). The molecule has 0 spiro atoms. The van der Waals surface area contributed by atoms with Crippen LogP contribution < -0.4 is 5.56 Å². The molecule has 0 aliphatic carbocycles. The van der Waals surface area contributed by atoms with Crippen LogP contribution in [0.4, 0.5) is 11.4 Å². The van der Waals surface area contributed by atoms with Crippen LogP contribution in [-0.2, 0) is 6.54 Å². The molecule has 2 aromatic rings. The summed E-state index contributed by atoms with van der Waals surface area (Å²) in [5, 5.41) is 30.7. The zero-order chi connectivity index (χ0) is 20.3. The van der Waals surface area contributed by atoms with Gasteiger partial charge in [0.25, 0.3) is 11.2 Å². The van der Waals surface area contributed by atoms with Gasteiger partial charge in [-0.3, -0.25) is 24.5 Å². The normalized spacial score (nSPS) is 11.1. The zero-order valence-electron chi connectivity index (χ0n) is 15.6. The van der Waals surface area contributed by atoms with Gasteiger partial charge in [-0.2, -0.15) is 5.26 Å². The maximum Gasteiger partial charge on any atom is 0.271 e. The summed E-state index contributed by atoms with van der Waals surface area (Å²) in [6.07, 6.45) is 1.37. The number of aliphatic imine (C=N–C) groups is 1. The minimum atomic E-state index is -0.537. The van der Waals surface area contributed by atoms with Crippen molar-refractivity contribution < 1.29 is 10.0 Å². The van der Waals surface area contributed by atoms with Crippen LogP contribution in [0.15, 0.2) is 28.0 Å². The molecule has 0 saturated heterocycles. The van der Waals surface area contributed by atoms with E-state index >= 15 is 0 Å². The van der Waals surface area contributed by atoms with Gasteiger partial charge in [-0.15, -0.1) is 0 Å². The van der Waals surface area contributed by atoms with Crippen LogP contribution in [0.1, 0.15) is 36.1 Å². The van der Waals surface area contributed by atoms with Crippen molar-refractivity contribution in [3.63, 3.8) is 0 Å². The summed E-state index contributed by atoms with van der Waals surface area (Å²) in [6.45, 7) is 7.31. The molecule has 1 aromatic carbocycles. The first-order valence-corrected chi connectivity index (χ1v) is 8.32. The van der Waals surface area contributed by atoms with Crippen molar-refractivity contribution in [2.24, 2.45) is 10.9 Å². The molecule has 8 nitrogen and oxygen atoms in total. The first kappa shape index (κ1) is 19.8. The van der Waals surface area contributed by atoms with Crippen LogP contribution >= 0.6 is 0 Å². The van der Waals surface area contributed by atoms with Gasteiger partial charge in [0.05, 0.1) is 16.2 Å². The molecule has 27 heavy (non-hydrogen) atoms. The number of aromatic hydroxyl groups is 1. The highest BCUT2D eigenvalue weighted by molar-refractivity contribution is 5.87. The van der Waals surface area contributed by atoms with Gasteiger partial charge in [-0.05, 0) is 37.0 Å². The summed E-state index contributed by atoms with van der Waals surface area (Å²) in [4.78, 5) is 27.1. The number of benzene rings is 1. The molecular formula is C19H20N4O4. The Bertz CT molecular complexity index is 1030. The number of hydrogen-bond donors (Lipinski definition) is 1. The van der Waals surface area contributed by atoms with Gasteiger partial charge in [-0.25, -0.2) is 0 Å². The number of non-ortho nitro benzene ring substituents is 1. The maximum atomic E-state index is 12.4. The Labute approximate surface area is 156 Å². The summed E-state index contributed by atoms with van der Waals surface area (Å²) in [7, 11) is 0. The lowest BCUT2D eigenvalue weighted by atomic mass is 10.1. The third-order valence-electron chi connectivity index (χ3n) is 4.12. The van der Waals surface area contributed by atoms with Gasteiger partial charge in [0.2, 0.25) is 5.88 Å². The smallest absolute Gasteiger partial charge is 0.271 e. The Morgan fingerprint density at radius 3 is 2.59 bits per heavy atom. The number of nitrogens with zero attached hydrogens (tertiary/aromatic N) is 4. The van der Waals surface area contributed by atoms with E-state index in [4.69, 9.17) is 0 Å². The Balaban J connectivity index is 2.59. The molecule has 8 heteroatoms. The van der Waals surface area contributed by atoms with Gasteiger partial charge < -0.3 is 5.11 Å². The predicted octanol–water partition coefficient (Wildman–Crippen LogP) is 3.36. The van der Waals surface area contributed by atoms with Crippen molar-refractivity contribution in [1.82, 2.24) is 4.57 Å². The maximum absolute atomic E-state index is 12.4. The summed E-state index contributed by atoms with van der Waals surface area (Å²) < 4.78 is 1.17. The third-order valence-corrected chi connectivity index (χ3v) is 4.12. The molecule has 1 aromatic heterocycles. The Morgan fingerprint density at radius 1 is 1.41 bits per heavy atom. The highest BCUT2D eigenvalue weighted by Crippen LogP contribution is 2.25. The highest BCUT2D eigenvalue weighted by Gasteiger charge is 2.18. The molecule has 0 bridgehead atoms. The first-order chi connectivity index (χ1) is 12.7. The van der Waals surface area contributed by atoms with Crippen LogP contribution in [0.2, 0.25) is 0 Å². The fourth-order valence-corrected chi connectivity index (χ4v) is 2.69. The topological polar surface area (TPSA) is 122 Å². The summed E-state index contributed by atoms with van der Waals surface area (Å²) in [5.74, 6) is -0.168. The third kappa shape index (κ3) is 4.03. The van der Waals surface area contributed by atoms with Gasteiger partial charge >= 0.3 is 0 Å². The van der Waals surface area contributed by atoms with Crippen LogP contribution in [0.3, 0.4) is 0 Å². The van der Waals surface area contributed by atoms with Crippen molar-refractivity contribution in [3.05, 3.63) is 60.9 Å². The highest BCUT2D eigenvalue weighted by atomic mass is 16.6. The Hall–Kier alpha value is -3.47. The number of nitro benzene ring substituents is 1. The number of aromatic nitrogens is 1. The van der Waals surface area contributed by atoms with Gasteiger partial charge in [0, 0.05) is 24.9 Å². The van der Waals surface area contributed by atoms with Gasteiger partial charge in [-0.1, -0.05) is 13.8 Å². The van der Waals surface area contributed by atoms with Crippen molar-refractivity contribution in [1.29, 1.82) is 5.26 Å². The standard InChI is InChI=1S/C19H20N4O4/c1-11(2)10-22-18(24)15(8-20)13(4)16(19(22)25)9-21-17-6-5-14(23(26)27)7-12(17)3/h5-7,9,11,25H,10H2,1-4H3. The molecule has 1 heterocycles. The number of nitriles is 1. The number of aryl methyl sites for hydroxylation is 1. The average Bonchev–Trinajstić information content (AvgIpc) is 2.59. The molecule has 0 aliphatic heterocycles. The van der Waals surface area contributed by atoms with E-state index in [0.717, 1.165) is 0 Å². The Kier molecular flexibility index (Phi) is 5.75. The van der Waals surface area contributed by atoms with E-state index in [1.54, 1.807) is 13.8 Å². The SMILES string of the molecule is Cc1cc([N+](=O)[O-])ccc1N=Cc1c(C)c(C#N)c(=O)n(CC(C)C)c1O. The number of nitro groups is 1. The van der Waals surface area contributed by atoms with E-state index in [0.29, 0.717) is 16.8 Å². The number of pyridine rings is 1. The molecule has 0 fully saturated rings. The summed E-state index contributed by atoms with van der Waals surface area (Å²) >= 11 is 0. The second kappa shape index (κ2) is 7.83. The summed E-state index contributed by atoms with van der Waals surface area (Å²) in [6, 6.07) is 6.14. The minimum Gasteiger partial charge on any atom is -0.494 e. The molecular weight excluding hydrogens is 348 g/mol. The average molecular weight is 368 g/mol. The Morgan fingerprint density at radius 2 is 2.07 bits per heavy atom. The second-order valence-electron chi connectivity index (χ2n) is 6.64. The monoisotopic (exact) mass is 368 g/mol. The van der Waals surface area contributed by atoms with Crippen molar-refractivity contribution in [3.8, 4) is 11.9 Å². The molecule has 0 unspecified atom stereocenters. The fourth-order valence-electron chi connectivity index (χ4n) is 2.69. The van der Waals surface area contributed by atoms with Crippen molar-refractivity contribution >= 4 is 17.6 Å².